The number of amides is 1. The minimum Gasteiger partial charge on any atom is -0.378 e. The van der Waals surface area contributed by atoms with Crippen LogP contribution in [0.15, 0.2) is 12.1 Å². The predicted octanol–water partition coefficient (Wildman–Crippen LogP) is 2.57. The Morgan fingerprint density at radius 3 is 2.45 bits per heavy atom. The van der Waals surface area contributed by atoms with E-state index in [-0.39, 0.29) is 12.5 Å². The Bertz CT molecular complexity index is 607. The molecule has 4 nitrogen and oxygen atoms in total. The molecule has 0 aromatic heterocycles. The third kappa shape index (κ3) is 2.48. The topological polar surface area (TPSA) is 64.3 Å². The molecule has 1 amide bonds. The highest BCUT2D eigenvalue weighted by Gasteiger charge is 2.62. The monoisotopic (exact) mass is 316 g/mol. The molecule has 1 aliphatic rings. The highest BCUT2D eigenvalue weighted by molar-refractivity contribution is 5.99. The molecule has 0 bridgehead atoms. The number of nitrogens with two attached hydrogens (primary N) is 1. The Morgan fingerprint density at radius 1 is 1.32 bits per heavy atom. The second-order valence-corrected chi connectivity index (χ2v) is 6.04. The van der Waals surface area contributed by atoms with Crippen LogP contribution >= 0.6 is 0 Å². The van der Waals surface area contributed by atoms with Crippen molar-refractivity contribution in [2.45, 2.75) is 38.8 Å². The first-order valence-electron chi connectivity index (χ1n) is 7.00. The van der Waals surface area contributed by atoms with Crippen LogP contribution in [0, 0.1) is 22.9 Å². The van der Waals surface area contributed by atoms with Gasteiger partial charge in [-0.2, -0.15) is 0 Å². The van der Waals surface area contributed by atoms with Crippen molar-refractivity contribution in [1.29, 1.82) is 0 Å². The fourth-order valence-electron chi connectivity index (χ4n) is 2.67. The third-order valence-corrected chi connectivity index (χ3v) is 4.49. The fraction of sp³-hybridized carbons (Fsp3) is 0.533. The van der Waals surface area contributed by atoms with Gasteiger partial charge in [0.1, 0.15) is 11.4 Å². The van der Waals surface area contributed by atoms with E-state index in [1.165, 1.54) is 0 Å². The van der Waals surface area contributed by atoms with Crippen LogP contribution in [0.5, 0.6) is 0 Å². The first-order valence-corrected chi connectivity index (χ1v) is 7.00. The van der Waals surface area contributed by atoms with Crippen LogP contribution in [0.1, 0.15) is 27.2 Å². The first kappa shape index (κ1) is 16.8. The molecule has 1 aromatic rings. The van der Waals surface area contributed by atoms with Crippen molar-refractivity contribution in [2.24, 2.45) is 11.1 Å². The lowest BCUT2D eigenvalue weighted by molar-refractivity contribution is -0.166. The van der Waals surface area contributed by atoms with E-state index in [1.54, 1.807) is 13.8 Å². The average Bonchev–Trinajstić information content (AvgIpc) is 2.44. The lowest BCUT2D eigenvalue weighted by atomic mass is 9.54. The Morgan fingerprint density at radius 2 is 1.91 bits per heavy atom. The molecule has 1 aromatic carbocycles. The van der Waals surface area contributed by atoms with Crippen molar-refractivity contribution in [2.75, 3.05) is 11.9 Å². The van der Waals surface area contributed by atoms with Crippen LogP contribution < -0.4 is 11.1 Å². The van der Waals surface area contributed by atoms with Crippen LogP contribution in [-0.4, -0.2) is 24.2 Å². The highest BCUT2D eigenvalue weighted by atomic mass is 19.2. The van der Waals surface area contributed by atoms with Crippen LogP contribution in [0.2, 0.25) is 0 Å². The fourth-order valence-corrected chi connectivity index (χ4v) is 2.67. The van der Waals surface area contributed by atoms with Gasteiger partial charge in [-0.25, -0.2) is 13.2 Å². The second kappa shape index (κ2) is 5.55. The van der Waals surface area contributed by atoms with Gasteiger partial charge in [-0.15, -0.1) is 0 Å². The van der Waals surface area contributed by atoms with Crippen LogP contribution in [0.25, 0.3) is 0 Å². The van der Waals surface area contributed by atoms with Crippen molar-refractivity contribution in [1.82, 2.24) is 0 Å². The minimum absolute atomic E-state index is 0.192. The Balaban J connectivity index is 2.18. The van der Waals surface area contributed by atoms with Gasteiger partial charge >= 0.3 is 0 Å². The Kier molecular flexibility index (Phi) is 4.23. The molecule has 1 fully saturated rings. The summed E-state index contributed by atoms with van der Waals surface area (Å²) in [7, 11) is 0. The summed E-state index contributed by atoms with van der Waals surface area (Å²) < 4.78 is 45.2. The van der Waals surface area contributed by atoms with Gasteiger partial charge in [0.2, 0.25) is 5.91 Å². The van der Waals surface area contributed by atoms with E-state index in [4.69, 9.17) is 10.5 Å². The molecular weight excluding hydrogens is 297 g/mol. The molecule has 122 valence electrons. The van der Waals surface area contributed by atoms with E-state index >= 15 is 0 Å². The molecule has 0 radical (unpaired) electrons. The van der Waals surface area contributed by atoms with Gasteiger partial charge in [-0.1, -0.05) is 13.8 Å². The number of hydrogen-bond donors (Lipinski definition) is 2. The molecule has 0 saturated heterocycles. The third-order valence-electron chi connectivity index (χ3n) is 4.49. The lowest BCUT2D eigenvalue weighted by Gasteiger charge is -2.57. The van der Waals surface area contributed by atoms with Gasteiger partial charge in [0, 0.05) is 30.6 Å². The van der Waals surface area contributed by atoms with Crippen LogP contribution in [-0.2, 0) is 9.53 Å². The number of halogens is 3. The maximum Gasteiger partial charge on any atom is 0.245 e. The number of carbonyl (C=O) groups is 1. The van der Waals surface area contributed by atoms with Crippen molar-refractivity contribution in [3.05, 3.63) is 29.6 Å². The summed E-state index contributed by atoms with van der Waals surface area (Å²) >= 11 is 0. The molecular formula is C15H19F3N2O2. The van der Waals surface area contributed by atoms with Gasteiger partial charge in [-0.3, -0.25) is 4.79 Å². The van der Waals surface area contributed by atoms with E-state index in [9.17, 15) is 18.0 Å². The Labute approximate surface area is 126 Å². The molecule has 0 aliphatic heterocycles. The number of hydrogen-bond acceptors (Lipinski definition) is 3. The summed E-state index contributed by atoms with van der Waals surface area (Å²) in [6, 6.07) is 0.973. The number of nitrogens with one attached hydrogen (secondary N) is 1. The largest absolute Gasteiger partial charge is 0.378 e. The molecule has 1 aliphatic carbocycles. The molecule has 0 heterocycles. The maximum absolute atomic E-state index is 13.6. The standard InChI is InChI=1S/C15H19F3N2O2/c1-4-22-12-7-15(19,14(12,2)3)13(21)20-11-6-9(17)8(16)5-10(11)18/h5-6,12H,4,7,19H2,1-3H3,(H,20,21). The summed E-state index contributed by atoms with van der Waals surface area (Å²) in [5.74, 6) is -4.28. The summed E-state index contributed by atoms with van der Waals surface area (Å²) in [6.45, 7) is 5.88. The van der Waals surface area contributed by atoms with E-state index in [0.29, 0.717) is 18.7 Å². The minimum atomic E-state index is -1.32. The zero-order chi connectivity index (χ0) is 16.7. The summed E-state index contributed by atoms with van der Waals surface area (Å²) in [5.41, 5.74) is 3.75. The molecule has 7 heteroatoms. The van der Waals surface area contributed by atoms with Crippen molar-refractivity contribution < 1.29 is 22.7 Å². The smallest absolute Gasteiger partial charge is 0.245 e. The van der Waals surface area contributed by atoms with E-state index in [2.05, 4.69) is 5.32 Å². The molecule has 22 heavy (non-hydrogen) atoms. The molecule has 0 spiro atoms. The molecule has 2 unspecified atom stereocenters. The van der Waals surface area contributed by atoms with Crippen molar-refractivity contribution in [3.63, 3.8) is 0 Å². The quantitative estimate of drug-likeness (QED) is 0.839. The Hall–Kier alpha value is -1.60. The van der Waals surface area contributed by atoms with Gasteiger partial charge < -0.3 is 15.8 Å². The number of anilines is 1. The van der Waals surface area contributed by atoms with Gasteiger partial charge in [0.05, 0.1) is 11.8 Å². The predicted molar refractivity (Wildman–Crippen MR) is 75.7 cm³/mol. The SMILES string of the molecule is CCOC1CC(N)(C(=O)Nc2cc(F)c(F)cc2F)C1(C)C. The van der Waals surface area contributed by atoms with Crippen molar-refractivity contribution in [3.8, 4) is 0 Å². The normalized spacial score (nSPS) is 26.4. The van der Waals surface area contributed by atoms with E-state index < -0.39 is 40.0 Å². The summed E-state index contributed by atoms with van der Waals surface area (Å²) in [5, 5.41) is 2.24. The first-order chi connectivity index (χ1) is 10.1. The average molecular weight is 316 g/mol. The zero-order valence-electron chi connectivity index (χ0n) is 12.7. The summed E-state index contributed by atoms with van der Waals surface area (Å²) in [4.78, 5) is 12.4. The maximum atomic E-state index is 13.6. The van der Waals surface area contributed by atoms with Gasteiger partial charge in [0.15, 0.2) is 11.6 Å². The zero-order valence-corrected chi connectivity index (χ0v) is 12.7. The molecule has 2 rings (SSSR count). The van der Waals surface area contributed by atoms with Gasteiger partial charge in [0.25, 0.3) is 0 Å². The lowest BCUT2D eigenvalue weighted by Crippen LogP contribution is -2.74. The highest BCUT2D eigenvalue weighted by Crippen LogP contribution is 2.50. The molecule has 1 saturated carbocycles. The van der Waals surface area contributed by atoms with E-state index in [0.717, 1.165) is 0 Å². The number of ether oxygens (including phenoxy) is 1. The van der Waals surface area contributed by atoms with Gasteiger partial charge in [-0.05, 0) is 6.92 Å². The van der Waals surface area contributed by atoms with Crippen LogP contribution in [0.4, 0.5) is 18.9 Å². The van der Waals surface area contributed by atoms with Crippen molar-refractivity contribution >= 4 is 11.6 Å². The molecule has 2 atom stereocenters. The number of carbonyl (C=O) groups excluding carboxylic acids is 1. The molecule has 3 N–H and O–H groups in total. The summed E-state index contributed by atoms with van der Waals surface area (Å²) in [6.07, 6.45) is 0.0772. The van der Waals surface area contributed by atoms with E-state index in [1.807, 2.05) is 6.92 Å². The number of benzene rings is 1. The number of rotatable bonds is 4. The second-order valence-electron chi connectivity index (χ2n) is 6.04. The van der Waals surface area contributed by atoms with Crippen LogP contribution in [0.3, 0.4) is 0 Å².